The summed E-state index contributed by atoms with van der Waals surface area (Å²) in [6.07, 6.45) is 3.24. The topological polar surface area (TPSA) is 61.4 Å². The Morgan fingerprint density at radius 2 is 1.81 bits per heavy atom. The molecule has 0 unspecified atom stereocenters. The monoisotopic (exact) mass is 311 g/mol. The molecule has 5 nitrogen and oxygen atoms in total. The van der Waals surface area contributed by atoms with Crippen molar-refractivity contribution in [2.45, 2.75) is 24.2 Å². The van der Waals surface area contributed by atoms with Crippen molar-refractivity contribution in [1.29, 1.82) is 0 Å². The van der Waals surface area contributed by atoms with Gasteiger partial charge in [-0.1, -0.05) is 0 Å². The van der Waals surface area contributed by atoms with Gasteiger partial charge in [0.15, 0.2) is 0 Å². The summed E-state index contributed by atoms with van der Waals surface area (Å²) in [4.78, 5) is 2.65. The molecule has 2 N–H and O–H groups in total. The van der Waals surface area contributed by atoms with Gasteiger partial charge in [-0.3, -0.25) is 0 Å². The molecular formula is C15H25N3O2S. The molecule has 0 amide bonds. The van der Waals surface area contributed by atoms with Crippen LogP contribution in [0.1, 0.15) is 19.3 Å². The maximum absolute atomic E-state index is 12.2. The SMILES string of the molecule is CNc1ccc(S(=O)(=O)NCCC2CCN(C)CC2)cc1. The van der Waals surface area contributed by atoms with Crippen molar-refractivity contribution in [1.82, 2.24) is 9.62 Å². The average Bonchev–Trinajstić information content (AvgIpc) is 2.49. The maximum Gasteiger partial charge on any atom is 0.240 e. The first kappa shape index (κ1) is 16.3. The van der Waals surface area contributed by atoms with Crippen molar-refractivity contribution >= 4 is 15.7 Å². The van der Waals surface area contributed by atoms with Gasteiger partial charge in [0, 0.05) is 19.3 Å². The highest BCUT2D eigenvalue weighted by Crippen LogP contribution is 2.19. The summed E-state index contributed by atoms with van der Waals surface area (Å²) in [5.74, 6) is 0.635. The Bertz CT molecular complexity index is 535. The normalized spacial score (nSPS) is 17.8. The summed E-state index contributed by atoms with van der Waals surface area (Å²) in [5.41, 5.74) is 0.903. The maximum atomic E-state index is 12.2. The number of hydrogen-bond donors (Lipinski definition) is 2. The molecule has 2 rings (SSSR count). The zero-order valence-corrected chi connectivity index (χ0v) is 13.6. The van der Waals surface area contributed by atoms with Gasteiger partial charge in [-0.25, -0.2) is 13.1 Å². The lowest BCUT2D eigenvalue weighted by Crippen LogP contribution is -2.32. The Labute approximate surface area is 127 Å². The Kier molecular flexibility index (Phi) is 5.61. The van der Waals surface area contributed by atoms with Gasteiger partial charge in [-0.15, -0.1) is 0 Å². The lowest BCUT2D eigenvalue weighted by molar-refractivity contribution is 0.213. The summed E-state index contributed by atoms with van der Waals surface area (Å²) in [5, 5.41) is 2.98. The minimum atomic E-state index is -3.39. The fourth-order valence-electron chi connectivity index (χ4n) is 2.63. The first-order valence-corrected chi connectivity index (χ1v) is 8.95. The van der Waals surface area contributed by atoms with E-state index in [0.29, 0.717) is 17.4 Å². The van der Waals surface area contributed by atoms with Crippen LogP contribution in [0.25, 0.3) is 0 Å². The Morgan fingerprint density at radius 3 is 2.38 bits per heavy atom. The van der Waals surface area contributed by atoms with Crippen LogP contribution in [0.4, 0.5) is 5.69 Å². The van der Waals surface area contributed by atoms with Crippen LogP contribution in [0.3, 0.4) is 0 Å². The fraction of sp³-hybridized carbons (Fsp3) is 0.600. The minimum absolute atomic E-state index is 0.324. The van der Waals surface area contributed by atoms with Gasteiger partial charge >= 0.3 is 0 Å². The van der Waals surface area contributed by atoms with Crippen LogP contribution in [0, 0.1) is 5.92 Å². The van der Waals surface area contributed by atoms with E-state index in [-0.39, 0.29) is 0 Å². The number of nitrogens with one attached hydrogen (secondary N) is 2. The van der Waals surface area contributed by atoms with Gasteiger partial charge in [-0.05, 0) is 69.6 Å². The van der Waals surface area contributed by atoms with E-state index in [0.717, 1.165) is 38.0 Å². The first-order chi connectivity index (χ1) is 10.0. The third kappa shape index (κ3) is 4.69. The highest BCUT2D eigenvalue weighted by Gasteiger charge is 2.18. The molecule has 1 aromatic rings. The van der Waals surface area contributed by atoms with E-state index in [2.05, 4.69) is 22.0 Å². The van der Waals surface area contributed by atoms with E-state index >= 15 is 0 Å². The molecule has 1 aliphatic rings. The van der Waals surface area contributed by atoms with Gasteiger partial charge in [-0.2, -0.15) is 0 Å². The lowest BCUT2D eigenvalue weighted by atomic mass is 9.94. The summed E-state index contributed by atoms with van der Waals surface area (Å²) >= 11 is 0. The second-order valence-corrected chi connectivity index (χ2v) is 7.47. The number of likely N-dealkylation sites (tertiary alicyclic amines) is 1. The number of rotatable bonds is 6. The fourth-order valence-corrected chi connectivity index (χ4v) is 3.68. The Hall–Kier alpha value is -1.11. The molecule has 0 bridgehead atoms. The number of piperidine rings is 1. The molecule has 118 valence electrons. The second-order valence-electron chi connectivity index (χ2n) is 5.71. The second kappa shape index (κ2) is 7.24. The third-order valence-corrected chi connectivity index (χ3v) is 5.61. The number of hydrogen-bond acceptors (Lipinski definition) is 4. The molecule has 1 saturated heterocycles. The van der Waals surface area contributed by atoms with Crippen molar-refractivity contribution in [3.8, 4) is 0 Å². The summed E-state index contributed by atoms with van der Waals surface area (Å²) in [6, 6.07) is 6.80. The number of anilines is 1. The minimum Gasteiger partial charge on any atom is -0.388 e. The number of nitrogens with zero attached hydrogens (tertiary/aromatic N) is 1. The molecule has 1 aromatic carbocycles. The van der Waals surface area contributed by atoms with E-state index in [1.54, 1.807) is 24.3 Å². The molecule has 6 heteroatoms. The molecule has 0 aliphatic carbocycles. The predicted molar refractivity (Wildman–Crippen MR) is 86.0 cm³/mol. The van der Waals surface area contributed by atoms with Gasteiger partial charge < -0.3 is 10.2 Å². The van der Waals surface area contributed by atoms with Crippen molar-refractivity contribution in [2.75, 3.05) is 39.0 Å². The van der Waals surface area contributed by atoms with E-state index in [9.17, 15) is 8.42 Å². The van der Waals surface area contributed by atoms with Crippen LogP contribution < -0.4 is 10.0 Å². The number of benzene rings is 1. The van der Waals surface area contributed by atoms with Crippen molar-refractivity contribution in [3.05, 3.63) is 24.3 Å². The van der Waals surface area contributed by atoms with Crippen molar-refractivity contribution in [3.63, 3.8) is 0 Å². The molecular weight excluding hydrogens is 286 g/mol. The highest BCUT2D eigenvalue weighted by molar-refractivity contribution is 7.89. The van der Waals surface area contributed by atoms with Crippen LogP contribution in [0.5, 0.6) is 0 Å². The zero-order chi connectivity index (χ0) is 15.3. The van der Waals surface area contributed by atoms with Crippen LogP contribution in [0.2, 0.25) is 0 Å². The lowest BCUT2D eigenvalue weighted by Gasteiger charge is -2.28. The predicted octanol–water partition coefficient (Wildman–Crippen LogP) is 1.74. The van der Waals surface area contributed by atoms with Crippen LogP contribution in [0.15, 0.2) is 29.2 Å². The smallest absolute Gasteiger partial charge is 0.240 e. The van der Waals surface area contributed by atoms with E-state index in [1.165, 1.54) is 0 Å². The molecule has 0 saturated carbocycles. The largest absolute Gasteiger partial charge is 0.388 e. The summed E-state index contributed by atoms with van der Waals surface area (Å²) < 4.78 is 27.1. The molecule has 0 atom stereocenters. The zero-order valence-electron chi connectivity index (χ0n) is 12.8. The third-order valence-electron chi connectivity index (χ3n) is 4.14. The Balaban J connectivity index is 1.83. The highest BCUT2D eigenvalue weighted by atomic mass is 32.2. The molecule has 1 aliphatic heterocycles. The van der Waals surface area contributed by atoms with Crippen molar-refractivity contribution < 1.29 is 8.42 Å². The van der Waals surface area contributed by atoms with Crippen LogP contribution in [-0.4, -0.2) is 47.0 Å². The van der Waals surface area contributed by atoms with Gasteiger partial charge in [0.05, 0.1) is 4.90 Å². The molecule has 0 radical (unpaired) electrons. The molecule has 1 heterocycles. The van der Waals surface area contributed by atoms with E-state index in [4.69, 9.17) is 0 Å². The van der Waals surface area contributed by atoms with Crippen molar-refractivity contribution in [2.24, 2.45) is 5.92 Å². The molecule has 21 heavy (non-hydrogen) atoms. The number of sulfonamides is 1. The average molecular weight is 311 g/mol. The van der Waals surface area contributed by atoms with Gasteiger partial charge in [0.1, 0.15) is 0 Å². The van der Waals surface area contributed by atoms with E-state index < -0.39 is 10.0 Å². The van der Waals surface area contributed by atoms with E-state index in [1.807, 2.05) is 7.05 Å². The molecule has 0 spiro atoms. The Morgan fingerprint density at radius 1 is 1.19 bits per heavy atom. The summed E-state index contributed by atoms with van der Waals surface area (Å²) in [7, 11) is 0.557. The van der Waals surface area contributed by atoms with Crippen LogP contribution >= 0.6 is 0 Å². The summed E-state index contributed by atoms with van der Waals surface area (Å²) in [6.45, 7) is 2.75. The quantitative estimate of drug-likeness (QED) is 0.840. The molecule has 1 fully saturated rings. The van der Waals surface area contributed by atoms with Gasteiger partial charge in [0.25, 0.3) is 0 Å². The van der Waals surface area contributed by atoms with Crippen LogP contribution in [-0.2, 0) is 10.0 Å². The standard InChI is InChI=1S/C15H25N3O2S/c1-16-14-3-5-15(6-4-14)21(19,20)17-10-7-13-8-11-18(2)12-9-13/h3-6,13,16-17H,7-12H2,1-2H3. The van der Waals surface area contributed by atoms with Gasteiger partial charge in [0.2, 0.25) is 10.0 Å². The first-order valence-electron chi connectivity index (χ1n) is 7.47. The molecule has 0 aromatic heterocycles.